The molecule has 0 amide bonds. The number of carbonyl (C=O) groups is 1. The van der Waals surface area contributed by atoms with Crippen molar-refractivity contribution in [2.75, 3.05) is 0 Å². The van der Waals surface area contributed by atoms with E-state index in [2.05, 4.69) is 4.98 Å². The highest BCUT2D eigenvalue weighted by Crippen LogP contribution is 2.01. The summed E-state index contributed by atoms with van der Waals surface area (Å²) < 4.78 is 0. The van der Waals surface area contributed by atoms with E-state index < -0.39 is 0 Å². The second kappa shape index (κ2) is 3.81. The van der Waals surface area contributed by atoms with Gasteiger partial charge in [-0.05, 0) is 37.6 Å². The predicted molar refractivity (Wildman–Crippen MR) is 48.7 cm³/mol. The molecule has 0 fully saturated rings. The van der Waals surface area contributed by atoms with E-state index in [-0.39, 0.29) is 5.78 Å². The van der Waals surface area contributed by atoms with Gasteiger partial charge in [0.05, 0.1) is 0 Å². The number of aryl methyl sites for hydroxylation is 1. The largest absolute Gasteiger partial charge is 0.295 e. The maximum Gasteiger partial charge on any atom is 0.152 e. The van der Waals surface area contributed by atoms with Gasteiger partial charge in [-0.15, -0.1) is 0 Å². The van der Waals surface area contributed by atoms with Crippen molar-refractivity contribution in [3.63, 3.8) is 0 Å². The van der Waals surface area contributed by atoms with E-state index in [1.54, 1.807) is 12.3 Å². The summed E-state index contributed by atoms with van der Waals surface area (Å²) in [5.41, 5.74) is 1.94. The smallest absolute Gasteiger partial charge is 0.152 e. The van der Waals surface area contributed by atoms with Crippen LogP contribution in [0.4, 0.5) is 0 Å². The number of aromatic nitrogens is 1. The van der Waals surface area contributed by atoms with Crippen LogP contribution in [0.25, 0.3) is 6.08 Å². The quantitative estimate of drug-likeness (QED) is 0.621. The molecule has 0 aliphatic carbocycles. The maximum absolute atomic E-state index is 10.6. The van der Waals surface area contributed by atoms with Gasteiger partial charge in [0.25, 0.3) is 0 Å². The fraction of sp³-hybridized carbons (Fsp3) is 0.200. The Morgan fingerprint density at radius 3 is 2.75 bits per heavy atom. The molecule has 1 aromatic rings. The highest BCUT2D eigenvalue weighted by atomic mass is 16.1. The number of hydrogen-bond acceptors (Lipinski definition) is 2. The van der Waals surface area contributed by atoms with Crippen LogP contribution in [0.15, 0.2) is 24.4 Å². The second-order valence-corrected chi connectivity index (χ2v) is 2.68. The molecule has 2 nitrogen and oxygen atoms in total. The first kappa shape index (κ1) is 8.65. The van der Waals surface area contributed by atoms with E-state index in [0.717, 1.165) is 11.3 Å². The molecule has 12 heavy (non-hydrogen) atoms. The number of hydrogen-bond donors (Lipinski definition) is 0. The SMILES string of the molecule is CC(=O)/C=C/c1ccc(C)nc1. The lowest BCUT2D eigenvalue weighted by atomic mass is 10.2. The number of allylic oxidation sites excluding steroid dienone is 1. The summed E-state index contributed by atoms with van der Waals surface area (Å²) in [6.45, 7) is 3.45. The molecule has 0 saturated heterocycles. The normalized spacial score (nSPS) is 10.5. The Kier molecular flexibility index (Phi) is 2.75. The number of pyridine rings is 1. The molecule has 0 saturated carbocycles. The molecule has 2 heteroatoms. The molecule has 1 rings (SSSR count). The molecule has 0 atom stereocenters. The molecule has 0 radical (unpaired) electrons. The molecule has 1 heterocycles. The number of rotatable bonds is 2. The predicted octanol–water partition coefficient (Wildman–Crippen LogP) is 1.99. The van der Waals surface area contributed by atoms with Crippen LogP contribution in [0.3, 0.4) is 0 Å². The summed E-state index contributed by atoms with van der Waals surface area (Å²) in [5.74, 6) is 0.0515. The third-order valence-corrected chi connectivity index (χ3v) is 1.44. The lowest BCUT2D eigenvalue weighted by Gasteiger charge is -1.92. The molecule has 0 N–H and O–H groups in total. The van der Waals surface area contributed by atoms with Gasteiger partial charge in [-0.1, -0.05) is 6.07 Å². The second-order valence-electron chi connectivity index (χ2n) is 2.68. The molecule has 0 unspecified atom stereocenters. The molecule has 0 aromatic carbocycles. The number of ketones is 1. The first-order chi connectivity index (χ1) is 5.68. The topological polar surface area (TPSA) is 30.0 Å². The van der Waals surface area contributed by atoms with Gasteiger partial charge in [0.2, 0.25) is 0 Å². The number of nitrogens with zero attached hydrogens (tertiary/aromatic N) is 1. The van der Waals surface area contributed by atoms with Gasteiger partial charge >= 0.3 is 0 Å². The van der Waals surface area contributed by atoms with Crippen molar-refractivity contribution in [1.29, 1.82) is 0 Å². The summed E-state index contributed by atoms with van der Waals surface area (Å²) in [6.07, 6.45) is 5.04. The first-order valence-electron chi connectivity index (χ1n) is 3.80. The molecule has 0 aliphatic heterocycles. The highest BCUT2D eigenvalue weighted by molar-refractivity contribution is 5.91. The van der Waals surface area contributed by atoms with E-state index >= 15 is 0 Å². The van der Waals surface area contributed by atoms with Crippen LogP contribution < -0.4 is 0 Å². The zero-order valence-electron chi connectivity index (χ0n) is 7.24. The van der Waals surface area contributed by atoms with Crippen molar-refractivity contribution in [1.82, 2.24) is 4.98 Å². The lowest BCUT2D eigenvalue weighted by Crippen LogP contribution is -1.82. The Hall–Kier alpha value is -1.44. The fourth-order valence-electron chi connectivity index (χ4n) is 0.791. The van der Waals surface area contributed by atoms with Crippen LogP contribution >= 0.6 is 0 Å². The molecule has 0 spiro atoms. The van der Waals surface area contributed by atoms with E-state index in [9.17, 15) is 4.79 Å². The molecule has 1 aromatic heterocycles. The Balaban J connectivity index is 2.77. The standard InChI is InChI=1S/C10H11NO/c1-8-3-5-10(7-11-8)6-4-9(2)12/h3-7H,1-2H3/b6-4+. The molecular weight excluding hydrogens is 150 g/mol. The van der Waals surface area contributed by atoms with Crippen molar-refractivity contribution < 1.29 is 4.79 Å². The molecular formula is C10H11NO. The third kappa shape index (κ3) is 2.66. The average molecular weight is 161 g/mol. The summed E-state index contributed by atoms with van der Waals surface area (Å²) in [6, 6.07) is 3.85. The van der Waals surface area contributed by atoms with Crippen LogP contribution in [0.1, 0.15) is 18.2 Å². The minimum atomic E-state index is 0.0515. The molecule has 62 valence electrons. The first-order valence-corrected chi connectivity index (χ1v) is 3.80. The van der Waals surface area contributed by atoms with Crippen molar-refractivity contribution in [3.05, 3.63) is 35.7 Å². The zero-order chi connectivity index (χ0) is 8.97. The van der Waals surface area contributed by atoms with Crippen LogP contribution in [0, 0.1) is 6.92 Å². The van der Waals surface area contributed by atoms with Gasteiger partial charge in [0, 0.05) is 11.9 Å². The summed E-state index contributed by atoms with van der Waals surface area (Å²) in [7, 11) is 0. The van der Waals surface area contributed by atoms with Crippen molar-refractivity contribution in [2.24, 2.45) is 0 Å². The highest BCUT2D eigenvalue weighted by Gasteiger charge is 1.87. The molecule has 0 bridgehead atoms. The monoisotopic (exact) mass is 161 g/mol. The van der Waals surface area contributed by atoms with Gasteiger partial charge in [-0.25, -0.2) is 0 Å². The van der Waals surface area contributed by atoms with Crippen LogP contribution in [0.2, 0.25) is 0 Å². The van der Waals surface area contributed by atoms with E-state index in [4.69, 9.17) is 0 Å². The van der Waals surface area contributed by atoms with Crippen molar-refractivity contribution in [2.45, 2.75) is 13.8 Å². The fourth-order valence-corrected chi connectivity index (χ4v) is 0.791. The van der Waals surface area contributed by atoms with Gasteiger partial charge in [0.1, 0.15) is 0 Å². The summed E-state index contributed by atoms with van der Waals surface area (Å²) in [4.78, 5) is 14.7. The summed E-state index contributed by atoms with van der Waals surface area (Å²) >= 11 is 0. The average Bonchev–Trinajstić information content (AvgIpc) is 2.03. The van der Waals surface area contributed by atoms with E-state index in [1.165, 1.54) is 13.0 Å². The van der Waals surface area contributed by atoms with Crippen LogP contribution in [0.5, 0.6) is 0 Å². The number of carbonyl (C=O) groups excluding carboxylic acids is 1. The van der Waals surface area contributed by atoms with Crippen LogP contribution in [-0.4, -0.2) is 10.8 Å². The Morgan fingerprint density at radius 2 is 2.25 bits per heavy atom. The maximum atomic E-state index is 10.6. The Labute approximate surface area is 71.9 Å². The minimum absolute atomic E-state index is 0.0515. The van der Waals surface area contributed by atoms with Gasteiger partial charge < -0.3 is 0 Å². The van der Waals surface area contributed by atoms with Crippen molar-refractivity contribution in [3.8, 4) is 0 Å². The Bertz CT molecular complexity index is 298. The molecule has 0 aliphatic rings. The van der Waals surface area contributed by atoms with E-state index in [0.29, 0.717) is 0 Å². The Morgan fingerprint density at radius 1 is 1.50 bits per heavy atom. The zero-order valence-corrected chi connectivity index (χ0v) is 7.24. The van der Waals surface area contributed by atoms with Crippen LogP contribution in [-0.2, 0) is 4.79 Å². The van der Waals surface area contributed by atoms with Gasteiger partial charge in [-0.3, -0.25) is 9.78 Å². The lowest BCUT2D eigenvalue weighted by molar-refractivity contribution is -0.112. The van der Waals surface area contributed by atoms with Gasteiger partial charge in [-0.2, -0.15) is 0 Å². The van der Waals surface area contributed by atoms with Crippen molar-refractivity contribution >= 4 is 11.9 Å². The minimum Gasteiger partial charge on any atom is -0.295 e. The summed E-state index contributed by atoms with van der Waals surface area (Å²) in [5, 5.41) is 0. The third-order valence-electron chi connectivity index (χ3n) is 1.44. The van der Waals surface area contributed by atoms with Gasteiger partial charge in [0.15, 0.2) is 5.78 Å². The van der Waals surface area contributed by atoms with E-state index in [1.807, 2.05) is 19.1 Å².